The van der Waals surface area contributed by atoms with Gasteiger partial charge in [0.2, 0.25) is 0 Å². The van der Waals surface area contributed by atoms with Gasteiger partial charge in [-0.3, -0.25) is 0 Å². The molecule has 0 aromatic heterocycles. The van der Waals surface area contributed by atoms with E-state index in [1.54, 1.807) is 0 Å². The zero-order chi connectivity index (χ0) is 14.4. The molecular formula is C13H28N2O3. The van der Waals surface area contributed by atoms with Crippen molar-refractivity contribution in [1.29, 1.82) is 0 Å². The first-order valence-electron chi connectivity index (χ1n) is 6.37. The molecule has 0 radical (unpaired) electrons. The first-order chi connectivity index (χ1) is 8.06. The minimum Gasteiger partial charge on any atom is -0.444 e. The standard InChI is InChI=1S/C13H28N2O3/c1-10(15-8-13(5,6)9-16)7-14-11(17)18-12(2,3)4/h10,15-16H,7-9H2,1-6H3,(H,14,17). The van der Waals surface area contributed by atoms with Crippen molar-refractivity contribution in [1.82, 2.24) is 10.6 Å². The van der Waals surface area contributed by atoms with Gasteiger partial charge in [-0.15, -0.1) is 0 Å². The maximum absolute atomic E-state index is 11.4. The van der Waals surface area contributed by atoms with Crippen molar-refractivity contribution in [3.05, 3.63) is 0 Å². The van der Waals surface area contributed by atoms with Gasteiger partial charge in [0.1, 0.15) is 5.60 Å². The van der Waals surface area contributed by atoms with Gasteiger partial charge in [0.05, 0.1) is 0 Å². The van der Waals surface area contributed by atoms with Crippen molar-refractivity contribution >= 4 is 6.09 Å². The van der Waals surface area contributed by atoms with Crippen LogP contribution in [0, 0.1) is 5.41 Å². The number of ether oxygens (including phenoxy) is 1. The van der Waals surface area contributed by atoms with Crippen LogP contribution in [0.5, 0.6) is 0 Å². The van der Waals surface area contributed by atoms with E-state index in [-0.39, 0.29) is 18.1 Å². The van der Waals surface area contributed by atoms with E-state index in [2.05, 4.69) is 10.6 Å². The monoisotopic (exact) mass is 260 g/mol. The largest absolute Gasteiger partial charge is 0.444 e. The Morgan fingerprint density at radius 2 is 1.83 bits per heavy atom. The summed E-state index contributed by atoms with van der Waals surface area (Å²) < 4.78 is 5.14. The van der Waals surface area contributed by atoms with Gasteiger partial charge >= 0.3 is 6.09 Å². The van der Waals surface area contributed by atoms with E-state index in [1.807, 2.05) is 41.5 Å². The lowest BCUT2D eigenvalue weighted by Gasteiger charge is -2.25. The summed E-state index contributed by atoms with van der Waals surface area (Å²) in [5, 5.41) is 15.1. The normalized spacial score (nSPS) is 14.2. The van der Waals surface area contributed by atoms with Crippen LogP contribution in [0.3, 0.4) is 0 Å². The van der Waals surface area contributed by atoms with E-state index in [4.69, 9.17) is 9.84 Å². The summed E-state index contributed by atoms with van der Waals surface area (Å²) in [5.41, 5.74) is -0.625. The third kappa shape index (κ3) is 9.24. The number of hydrogen-bond acceptors (Lipinski definition) is 4. The average Bonchev–Trinajstić information content (AvgIpc) is 2.21. The maximum Gasteiger partial charge on any atom is 0.407 e. The topological polar surface area (TPSA) is 70.6 Å². The van der Waals surface area contributed by atoms with Crippen molar-refractivity contribution in [3.63, 3.8) is 0 Å². The summed E-state index contributed by atoms with van der Waals surface area (Å²) in [7, 11) is 0. The number of carbonyl (C=O) groups excluding carboxylic acids is 1. The van der Waals surface area contributed by atoms with Gasteiger partial charge in [-0.2, -0.15) is 0 Å². The highest BCUT2D eigenvalue weighted by atomic mass is 16.6. The second-order valence-electron chi connectivity index (χ2n) is 6.49. The molecule has 0 bridgehead atoms. The van der Waals surface area contributed by atoms with Crippen LogP contribution in [0.2, 0.25) is 0 Å². The van der Waals surface area contributed by atoms with Crippen molar-refractivity contribution < 1.29 is 14.6 Å². The smallest absolute Gasteiger partial charge is 0.407 e. The van der Waals surface area contributed by atoms with E-state index in [9.17, 15) is 4.79 Å². The SMILES string of the molecule is CC(CNC(=O)OC(C)(C)C)NCC(C)(C)CO. The fourth-order valence-electron chi connectivity index (χ4n) is 1.13. The van der Waals surface area contributed by atoms with Gasteiger partial charge < -0.3 is 20.5 Å². The summed E-state index contributed by atoms with van der Waals surface area (Å²) >= 11 is 0. The van der Waals surface area contributed by atoms with Crippen LogP contribution in [0.4, 0.5) is 4.79 Å². The molecule has 108 valence electrons. The van der Waals surface area contributed by atoms with Gasteiger partial charge in [-0.1, -0.05) is 13.8 Å². The quantitative estimate of drug-likeness (QED) is 0.677. The molecule has 0 saturated carbocycles. The molecule has 0 saturated heterocycles. The van der Waals surface area contributed by atoms with Crippen LogP contribution in [-0.4, -0.2) is 42.5 Å². The molecule has 1 unspecified atom stereocenters. The molecule has 1 amide bonds. The van der Waals surface area contributed by atoms with Gasteiger partial charge in [-0.05, 0) is 27.7 Å². The molecule has 0 aromatic carbocycles. The number of nitrogens with one attached hydrogen (secondary N) is 2. The Morgan fingerprint density at radius 1 is 1.28 bits per heavy atom. The maximum atomic E-state index is 11.4. The fraction of sp³-hybridized carbons (Fsp3) is 0.923. The molecule has 0 aromatic rings. The summed E-state index contributed by atoms with van der Waals surface area (Å²) in [4.78, 5) is 11.4. The van der Waals surface area contributed by atoms with Crippen LogP contribution >= 0.6 is 0 Å². The molecule has 0 aliphatic carbocycles. The molecule has 0 aliphatic rings. The predicted octanol–water partition coefficient (Wildman–Crippen LogP) is 1.51. The number of rotatable bonds is 6. The lowest BCUT2D eigenvalue weighted by atomic mass is 9.95. The van der Waals surface area contributed by atoms with Crippen LogP contribution in [0.1, 0.15) is 41.5 Å². The highest BCUT2D eigenvalue weighted by Gasteiger charge is 2.18. The van der Waals surface area contributed by atoms with Crippen molar-refractivity contribution in [2.75, 3.05) is 19.7 Å². The molecule has 0 fully saturated rings. The molecule has 18 heavy (non-hydrogen) atoms. The van der Waals surface area contributed by atoms with E-state index in [1.165, 1.54) is 0 Å². The molecule has 0 heterocycles. The minimum absolute atomic E-state index is 0.128. The van der Waals surface area contributed by atoms with Crippen LogP contribution < -0.4 is 10.6 Å². The number of amides is 1. The highest BCUT2D eigenvalue weighted by Crippen LogP contribution is 2.11. The first kappa shape index (κ1) is 17.2. The number of carbonyl (C=O) groups is 1. The molecule has 3 N–H and O–H groups in total. The van der Waals surface area contributed by atoms with E-state index in [0.717, 1.165) is 0 Å². The third-order valence-electron chi connectivity index (χ3n) is 2.31. The Labute approximate surface area is 110 Å². The second-order valence-corrected chi connectivity index (χ2v) is 6.49. The first-order valence-corrected chi connectivity index (χ1v) is 6.37. The Morgan fingerprint density at radius 3 is 2.28 bits per heavy atom. The summed E-state index contributed by atoms with van der Waals surface area (Å²) in [6.45, 7) is 12.8. The van der Waals surface area contributed by atoms with Gasteiger partial charge in [0.25, 0.3) is 0 Å². The van der Waals surface area contributed by atoms with Crippen LogP contribution in [0.15, 0.2) is 0 Å². The van der Waals surface area contributed by atoms with Crippen LogP contribution in [0.25, 0.3) is 0 Å². The zero-order valence-electron chi connectivity index (χ0n) is 12.5. The van der Waals surface area contributed by atoms with Gasteiger partial charge in [0.15, 0.2) is 0 Å². The third-order valence-corrected chi connectivity index (χ3v) is 2.31. The predicted molar refractivity (Wildman–Crippen MR) is 72.6 cm³/mol. The zero-order valence-corrected chi connectivity index (χ0v) is 12.5. The lowest BCUT2D eigenvalue weighted by Crippen LogP contribution is -2.44. The number of aliphatic hydroxyl groups excluding tert-OH is 1. The molecule has 0 rings (SSSR count). The fourth-order valence-corrected chi connectivity index (χ4v) is 1.13. The van der Waals surface area contributed by atoms with Crippen molar-refractivity contribution in [3.8, 4) is 0 Å². The summed E-state index contributed by atoms with van der Waals surface area (Å²) in [6.07, 6.45) is -0.405. The number of hydrogen-bond donors (Lipinski definition) is 3. The van der Waals surface area contributed by atoms with Gasteiger partial charge in [0, 0.05) is 31.2 Å². The van der Waals surface area contributed by atoms with E-state index >= 15 is 0 Å². The Kier molecular flexibility index (Phi) is 6.63. The summed E-state index contributed by atoms with van der Waals surface area (Å²) in [6, 6.07) is 0.128. The minimum atomic E-state index is -0.473. The lowest BCUT2D eigenvalue weighted by molar-refractivity contribution is 0.0522. The van der Waals surface area contributed by atoms with Crippen molar-refractivity contribution in [2.24, 2.45) is 5.41 Å². The molecule has 5 nitrogen and oxygen atoms in total. The molecular weight excluding hydrogens is 232 g/mol. The molecule has 0 spiro atoms. The average molecular weight is 260 g/mol. The number of alkyl carbamates (subject to hydrolysis) is 1. The number of aliphatic hydroxyl groups is 1. The van der Waals surface area contributed by atoms with Crippen LogP contribution in [-0.2, 0) is 4.74 Å². The van der Waals surface area contributed by atoms with E-state index in [0.29, 0.717) is 13.1 Å². The van der Waals surface area contributed by atoms with Gasteiger partial charge in [-0.25, -0.2) is 4.79 Å². The van der Waals surface area contributed by atoms with Crippen molar-refractivity contribution in [2.45, 2.75) is 53.2 Å². The Hall–Kier alpha value is -0.810. The summed E-state index contributed by atoms with van der Waals surface area (Å²) in [5.74, 6) is 0. The second kappa shape index (κ2) is 6.95. The molecule has 1 atom stereocenters. The highest BCUT2D eigenvalue weighted by molar-refractivity contribution is 5.67. The van der Waals surface area contributed by atoms with E-state index < -0.39 is 11.7 Å². The Balaban J connectivity index is 3.84. The Bertz CT molecular complexity index is 259. The molecule has 5 heteroatoms. The molecule has 0 aliphatic heterocycles.